The maximum Gasteiger partial charge on any atom is 0.355 e. The molecule has 2 N–H and O–H groups in total. The fourth-order valence-corrected chi connectivity index (χ4v) is 5.06. The summed E-state index contributed by atoms with van der Waals surface area (Å²) in [5.74, 6) is 0.799. The summed E-state index contributed by atoms with van der Waals surface area (Å²) in [5.41, 5.74) is 7.73. The molecule has 0 aliphatic rings. The minimum Gasteiger partial charge on any atom is -0.619 e. The molecule has 0 amide bonds. The number of ether oxygens (including phenoxy) is 6. The number of benzene rings is 3. The Bertz CT molecular complexity index is 1910. The van der Waals surface area contributed by atoms with Crippen LogP contribution in [0.4, 0.5) is 5.69 Å². The topological polar surface area (TPSA) is 147 Å². The second-order valence-corrected chi connectivity index (χ2v) is 9.76. The maximum absolute atomic E-state index is 14.4. The van der Waals surface area contributed by atoms with Crippen molar-refractivity contribution in [3.63, 3.8) is 0 Å². The van der Waals surface area contributed by atoms with E-state index in [2.05, 4.69) is 0 Å². The van der Waals surface area contributed by atoms with E-state index in [1.807, 2.05) is 0 Å². The zero-order valence-electron chi connectivity index (χ0n) is 25.3. The molecule has 12 nitrogen and oxygen atoms in total. The molecule has 0 bridgehead atoms. The van der Waals surface area contributed by atoms with Crippen molar-refractivity contribution in [3.05, 3.63) is 99.9 Å². The van der Waals surface area contributed by atoms with Crippen LogP contribution in [-0.4, -0.2) is 46.1 Å². The zero-order valence-corrected chi connectivity index (χ0v) is 25.3. The first-order valence-electron chi connectivity index (χ1n) is 13.6. The number of rotatable bonds is 10. The average molecular weight is 614 g/mol. The standard InChI is InChI=1S/C33H31N3O9/c1-40-25-16-23-24(17-26(25)45-18-19-10-12-35(39)13-11-19)32(37)36(22-8-6-21(34)7-9-22)30(33(38)44-5)29(23)20-14-27(41-2)31(43-4)28(15-20)42-3/h6-17H,18,34H2,1-5H3. The molecule has 2 heterocycles. The normalized spacial score (nSPS) is 10.8. The number of nitrogens with two attached hydrogens (primary N) is 1. The van der Waals surface area contributed by atoms with E-state index in [1.54, 1.807) is 60.7 Å². The van der Waals surface area contributed by atoms with Crippen LogP contribution in [0.3, 0.4) is 0 Å². The van der Waals surface area contributed by atoms with E-state index in [-0.39, 0.29) is 23.4 Å². The summed E-state index contributed by atoms with van der Waals surface area (Å²) in [6, 6.07) is 16.3. The van der Waals surface area contributed by atoms with Gasteiger partial charge in [0.05, 0.1) is 40.9 Å². The number of fused-ring (bicyclic) bond motifs is 1. The molecule has 5 aromatic rings. The first kappa shape index (κ1) is 30.5. The Morgan fingerprint density at radius 2 is 1.40 bits per heavy atom. The van der Waals surface area contributed by atoms with Crippen molar-refractivity contribution in [2.24, 2.45) is 0 Å². The average Bonchev–Trinajstić information content (AvgIpc) is 3.07. The highest BCUT2D eigenvalue weighted by molar-refractivity contribution is 6.08. The quantitative estimate of drug-likeness (QED) is 0.105. The minimum absolute atomic E-state index is 0.0556. The van der Waals surface area contributed by atoms with Gasteiger partial charge in [-0.1, -0.05) is 0 Å². The number of carbonyl (C=O) groups is 1. The van der Waals surface area contributed by atoms with Crippen molar-refractivity contribution >= 4 is 22.4 Å². The van der Waals surface area contributed by atoms with E-state index in [4.69, 9.17) is 34.2 Å². The molecule has 12 heteroatoms. The molecule has 0 fully saturated rings. The predicted molar refractivity (Wildman–Crippen MR) is 167 cm³/mol. The van der Waals surface area contributed by atoms with Crippen LogP contribution in [0.1, 0.15) is 16.1 Å². The molecule has 0 spiro atoms. The van der Waals surface area contributed by atoms with E-state index < -0.39 is 11.5 Å². The summed E-state index contributed by atoms with van der Waals surface area (Å²) in [6.07, 6.45) is 2.72. The van der Waals surface area contributed by atoms with Gasteiger partial charge in [0.2, 0.25) is 5.75 Å². The van der Waals surface area contributed by atoms with Gasteiger partial charge in [0.15, 0.2) is 35.4 Å². The summed E-state index contributed by atoms with van der Waals surface area (Å²) in [4.78, 5) is 28.0. The molecule has 0 unspecified atom stereocenters. The lowest BCUT2D eigenvalue weighted by Gasteiger charge is -2.21. The van der Waals surface area contributed by atoms with Gasteiger partial charge in [0.25, 0.3) is 5.56 Å². The van der Waals surface area contributed by atoms with Gasteiger partial charge in [0, 0.05) is 40.0 Å². The number of nitrogens with zero attached hydrogens (tertiary/aromatic N) is 2. The maximum atomic E-state index is 14.4. The third-order valence-electron chi connectivity index (χ3n) is 7.22. The van der Waals surface area contributed by atoms with Crippen molar-refractivity contribution in [2.75, 3.05) is 41.3 Å². The van der Waals surface area contributed by atoms with Crippen molar-refractivity contribution in [3.8, 4) is 45.6 Å². The Balaban J connectivity index is 1.89. The van der Waals surface area contributed by atoms with Crippen LogP contribution in [0.15, 0.2) is 77.9 Å². The van der Waals surface area contributed by atoms with Crippen LogP contribution in [0.2, 0.25) is 0 Å². The molecule has 2 aromatic heterocycles. The Labute approximate surface area is 258 Å². The molecule has 0 saturated heterocycles. The lowest BCUT2D eigenvalue weighted by atomic mass is 9.95. The van der Waals surface area contributed by atoms with Crippen LogP contribution in [0.5, 0.6) is 28.7 Å². The summed E-state index contributed by atoms with van der Waals surface area (Å²) >= 11 is 0. The summed E-state index contributed by atoms with van der Waals surface area (Å²) < 4.78 is 35.7. The summed E-state index contributed by atoms with van der Waals surface area (Å²) in [5, 5.41) is 12.1. The fourth-order valence-electron chi connectivity index (χ4n) is 5.06. The second kappa shape index (κ2) is 12.8. The molecule has 45 heavy (non-hydrogen) atoms. The van der Waals surface area contributed by atoms with Crippen molar-refractivity contribution in [2.45, 2.75) is 6.61 Å². The Hall–Kier alpha value is -5.91. The lowest BCUT2D eigenvalue weighted by molar-refractivity contribution is -0.605. The molecule has 0 aliphatic heterocycles. The van der Waals surface area contributed by atoms with E-state index >= 15 is 0 Å². The van der Waals surface area contributed by atoms with Crippen molar-refractivity contribution in [1.82, 2.24) is 4.57 Å². The molecule has 232 valence electrons. The third-order valence-corrected chi connectivity index (χ3v) is 7.22. The van der Waals surface area contributed by atoms with Crippen LogP contribution in [0, 0.1) is 5.21 Å². The first-order valence-corrected chi connectivity index (χ1v) is 13.6. The van der Waals surface area contributed by atoms with Crippen LogP contribution in [-0.2, 0) is 11.3 Å². The van der Waals surface area contributed by atoms with Crippen LogP contribution < -0.4 is 39.7 Å². The molecular weight excluding hydrogens is 582 g/mol. The van der Waals surface area contributed by atoms with Gasteiger partial charge in [-0.15, -0.1) is 0 Å². The Morgan fingerprint density at radius 1 is 0.800 bits per heavy atom. The van der Waals surface area contributed by atoms with Gasteiger partial charge < -0.3 is 39.4 Å². The number of aromatic nitrogens is 2. The number of anilines is 1. The molecule has 5 rings (SSSR count). The number of carbonyl (C=O) groups excluding carboxylic acids is 1. The Morgan fingerprint density at radius 3 is 1.96 bits per heavy atom. The minimum atomic E-state index is -0.770. The largest absolute Gasteiger partial charge is 0.619 e. The first-order chi connectivity index (χ1) is 21.7. The number of methoxy groups -OCH3 is 5. The van der Waals surface area contributed by atoms with Crippen molar-refractivity contribution in [1.29, 1.82) is 0 Å². The number of esters is 1. The fraction of sp³-hybridized carbons (Fsp3) is 0.182. The molecule has 0 saturated carbocycles. The number of hydrogen-bond acceptors (Lipinski definition) is 10. The van der Waals surface area contributed by atoms with Gasteiger partial charge in [-0.25, -0.2) is 4.79 Å². The highest BCUT2D eigenvalue weighted by Crippen LogP contribution is 2.45. The second-order valence-electron chi connectivity index (χ2n) is 9.76. The van der Waals surface area contributed by atoms with E-state index in [0.29, 0.717) is 55.6 Å². The van der Waals surface area contributed by atoms with E-state index in [0.717, 1.165) is 5.56 Å². The molecule has 0 radical (unpaired) electrons. The molecule has 3 aromatic carbocycles. The molecular formula is C33H31N3O9. The number of nitrogen functional groups attached to an aromatic ring is 1. The Kier molecular flexibility index (Phi) is 8.66. The van der Waals surface area contributed by atoms with Crippen LogP contribution >= 0.6 is 0 Å². The summed E-state index contributed by atoms with van der Waals surface area (Å²) in [7, 11) is 7.14. The van der Waals surface area contributed by atoms with Gasteiger partial charge in [-0.2, -0.15) is 4.73 Å². The summed E-state index contributed by atoms with van der Waals surface area (Å²) in [6.45, 7) is 0.0921. The molecule has 0 atom stereocenters. The van der Waals surface area contributed by atoms with E-state index in [9.17, 15) is 14.8 Å². The van der Waals surface area contributed by atoms with Crippen LogP contribution in [0.25, 0.3) is 27.6 Å². The monoisotopic (exact) mass is 613 g/mol. The zero-order chi connectivity index (χ0) is 32.2. The lowest BCUT2D eigenvalue weighted by Crippen LogP contribution is -2.27. The predicted octanol–water partition coefficient (Wildman–Crippen LogP) is 4.27. The van der Waals surface area contributed by atoms with Gasteiger partial charge in [0.1, 0.15) is 12.3 Å². The number of hydrogen-bond donors (Lipinski definition) is 1. The SMILES string of the molecule is COC(=O)c1c(-c2cc(OC)c(OC)c(OC)c2)c2cc(OC)c(OCc3cc[n+]([O-])cc3)cc2c(=O)n1-c1ccc(N)cc1. The molecule has 0 aliphatic carbocycles. The van der Waals surface area contributed by atoms with Gasteiger partial charge in [-0.3, -0.25) is 9.36 Å². The highest BCUT2D eigenvalue weighted by Gasteiger charge is 2.28. The number of pyridine rings is 2. The smallest absolute Gasteiger partial charge is 0.355 e. The van der Waals surface area contributed by atoms with Gasteiger partial charge >= 0.3 is 5.97 Å². The third kappa shape index (κ3) is 5.73. The van der Waals surface area contributed by atoms with E-state index in [1.165, 1.54) is 52.5 Å². The highest BCUT2D eigenvalue weighted by atomic mass is 16.5. The van der Waals surface area contributed by atoms with Gasteiger partial charge in [-0.05, 0) is 54.1 Å². The van der Waals surface area contributed by atoms with Crippen molar-refractivity contribution < 1.29 is 37.9 Å².